The van der Waals surface area contributed by atoms with E-state index < -0.39 is 12.0 Å². The number of esters is 1. The maximum atomic E-state index is 12.2. The SMILES string of the molecule is COC(=O)c1cc(NC(=O)Nc2ccccc2)ccc1OCc1ccncc1. The molecule has 142 valence electrons. The molecular formula is C21H19N3O4. The standard InChI is InChI=1S/C21H19N3O4/c1-27-20(25)18-13-17(24-21(26)23-16-5-3-2-4-6-16)7-8-19(18)28-14-15-9-11-22-12-10-15/h2-13H,14H2,1H3,(H2,23,24,26). The molecule has 0 aliphatic carbocycles. The van der Waals surface area contributed by atoms with Gasteiger partial charge in [-0.15, -0.1) is 0 Å². The Hall–Kier alpha value is -3.87. The Morgan fingerprint density at radius 2 is 1.64 bits per heavy atom. The number of pyridine rings is 1. The largest absolute Gasteiger partial charge is 0.488 e. The Morgan fingerprint density at radius 3 is 2.36 bits per heavy atom. The second kappa shape index (κ2) is 9.18. The number of carbonyl (C=O) groups is 2. The minimum absolute atomic E-state index is 0.217. The van der Waals surface area contributed by atoms with Gasteiger partial charge in [-0.1, -0.05) is 18.2 Å². The van der Waals surface area contributed by atoms with Crippen molar-refractivity contribution in [1.29, 1.82) is 0 Å². The second-order valence-electron chi connectivity index (χ2n) is 5.79. The Bertz CT molecular complexity index is 946. The Morgan fingerprint density at radius 1 is 0.929 bits per heavy atom. The lowest BCUT2D eigenvalue weighted by atomic mass is 10.1. The summed E-state index contributed by atoms with van der Waals surface area (Å²) in [5.41, 5.74) is 2.22. The molecule has 2 aromatic carbocycles. The van der Waals surface area contributed by atoms with Gasteiger partial charge < -0.3 is 20.1 Å². The molecule has 0 atom stereocenters. The summed E-state index contributed by atoms with van der Waals surface area (Å²) in [6.45, 7) is 0.272. The Kier molecular flexibility index (Phi) is 6.20. The van der Waals surface area contributed by atoms with Crippen molar-refractivity contribution < 1.29 is 19.1 Å². The molecule has 3 aromatic rings. The summed E-state index contributed by atoms with van der Waals surface area (Å²) >= 11 is 0. The summed E-state index contributed by atoms with van der Waals surface area (Å²) in [6, 6.07) is 17.0. The monoisotopic (exact) mass is 377 g/mol. The topological polar surface area (TPSA) is 89.5 Å². The number of hydrogen-bond acceptors (Lipinski definition) is 5. The van der Waals surface area contributed by atoms with Gasteiger partial charge in [-0.3, -0.25) is 4.98 Å². The predicted molar refractivity (Wildman–Crippen MR) is 105 cm³/mol. The van der Waals surface area contributed by atoms with Crippen molar-refractivity contribution in [2.45, 2.75) is 6.61 Å². The summed E-state index contributed by atoms with van der Waals surface area (Å²) in [5.74, 6) is -0.200. The summed E-state index contributed by atoms with van der Waals surface area (Å²) in [7, 11) is 1.29. The smallest absolute Gasteiger partial charge is 0.341 e. The first-order chi connectivity index (χ1) is 13.7. The van der Waals surface area contributed by atoms with E-state index in [1.54, 1.807) is 36.7 Å². The van der Waals surface area contributed by atoms with Crippen molar-refractivity contribution in [1.82, 2.24) is 4.98 Å². The zero-order valence-electron chi connectivity index (χ0n) is 15.2. The second-order valence-corrected chi connectivity index (χ2v) is 5.79. The number of benzene rings is 2. The molecule has 0 aliphatic rings. The van der Waals surface area contributed by atoms with Crippen LogP contribution in [0.2, 0.25) is 0 Å². The van der Waals surface area contributed by atoms with Crippen LogP contribution >= 0.6 is 0 Å². The fraction of sp³-hybridized carbons (Fsp3) is 0.0952. The van der Waals surface area contributed by atoms with Crippen LogP contribution < -0.4 is 15.4 Å². The van der Waals surface area contributed by atoms with E-state index in [0.29, 0.717) is 17.1 Å². The molecule has 0 spiro atoms. The van der Waals surface area contributed by atoms with Gasteiger partial charge in [0, 0.05) is 23.8 Å². The third kappa shape index (κ3) is 5.07. The van der Waals surface area contributed by atoms with Crippen LogP contribution in [0.5, 0.6) is 5.75 Å². The minimum atomic E-state index is -0.558. The van der Waals surface area contributed by atoms with Gasteiger partial charge in [-0.2, -0.15) is 0 Å². The highest BCUT2D eigenvalue weighted by Crippen LogP contribution is 2.25. The van der Waals surface area contributed by atoms with Crippen LogP contribution in [0.4, 0.5) is 16.2 Å². The minimum Gasteiger partial charge on any atom is -0.488 e. The first kappa shape index (κ1) is 18.9. The van der Waals surface area contributed by atoms with Crippen molar-refractivity contribution in [2.75, 3.05) is 17.7 Å². The van der Waals surface area contributed by atoms with Crippen molar-refractivity contribution in [3.8, 4) is 5.75 Å². The van der Waals surface area contributed by atoms with Crippen molar-refractivity contribution in [2.24, 2.45) is 0 Å². The summed E-state index contributed by atoms with van der Waals surface area (Å²) in [4.78, 5) is 28.2. The number of amides is 2. The van der Waals surface area contributed by atoms with Gasteiger partial charge in [0.1, 0.15) is 17.9 Å². The lowest BCUT2D eigenvalue weighted by Gasteiger charge is -2.13. The lowest BCUT2D eigenvalue weighted by molar-refractivity contribution is 0.0595. The van der Waals surface area contributed by atoms with Gasteiger partial charge in [0.2, 0.25) is 0 Å². The number of anilines is 2. The van der Waals surface area contributed by atoms with Crippen LogP contribution in [0.25, 0.3) is 0 Å². The number of nitrogens with zero attached hydrogens (tertiary/aromatic N) is 1. The number of nitrogens with one attached hydrogen (secondary N) is 2. The van der Waals surface area contributed by atoms with Crippen molar-refractivity contribution in [3.63, 3.8) is 0 Å². The van der Waals surface area contributed by atoms with E-state index in [-0.39, 0.29) is 12.2 Å². The zero-order valence-corrected chi connectivity index (χ0v) is 15.2. The molecular weight excluding hydrogens is 358 g/mol. The maximum absolute atomic E-state index is 12.2. The number of carbonyl (C=O) groups excluding carboxylic acids is 2. The normalized spacial score (nSPS) is 10.0. The highest BCUT2D eigenvalue weighted by Gasteiger charge is 2.15. The molecule has 3 rings (SSSR count). The third-order valence-electron chi connectivity index (χ3n) is 3.82. The van der Waals surface area contributed by atoms with E-state index in [4.69, 9.17) is 9.47 Å². The third-order valence-corrected chi connectivity index (χ3v) is 3.82. The van der Waals surface area contributed by atoms with E-state index in [2.05, 4.69) is 15.6 Å². The quantitative estimate of drug-likeness (QED) is 0.632. The van der Waals surface area contributed by atoms with Gasteiger partial charge in [0.05, 0.1) is 7.11 Å². The average molecular weight is 377 g/mol. The summed E-state index contributed by atoms with van der Waals surface area (Å²) in [5, 5.41) is 5.40. The zero-order chi connectivity index (χ0) is 19.8. The first-order valence-corrected chi connectivity index (χ1v) is 8.53. The van der Waals surface area contributed by atoms with Crippen LogP contribution in [0.3, 0.4) is 0 Å². The average Bonchev–Trinajstić information content (AvgIpc) is 2.73. The number of ether oxygens (including phenoxy) is 2. The highest BCUT2D eigenvalue weighted by molar-refractivity contribution is 6.01. The van der Waals surface area contributed by atoms with E-state index in [9.17, 15) is 9.59 Å². The molecule has 0 saturated heterocycles. The lowest BCUT2D eigenvalue weighted by Crippen LogP contribution is -2.19. The Balaban J connectivity index is 1.72. The van der Waals surface area contributed by atoms with Gasteiger partial charge in [-0.05, 0) is 48.0 Å². The number of rotatable bonds is 6. The van der Waals surface area contributed by atoms with Crippen LogP contribution in [0, 0.1) is 0 Å². The molecule has 0 fully saturated rings. The molecule has 0 bridgehead atoms. The molecule has 2 amide bonds. The predicted octanol–water partition coefficient (Wildman–Crippen LogP) is 4.09. The molecule has 2 N–H and O–H groups in total. The highest BCUT2D eigenvalue weighted by atomic mass is 16.5. The molecule has 28 heavy (non-hydrogen) atoms. The fourth-order valence-electron chi connectivity index (χ4n) is 2.46. The van der Waals surface area contributed by atoms with Gasteiger partial charge in [-0.25, -0.2) is 9.59 Å². The van der Waals surface area contributed by atoms with E-state index >= 15 is 0 Å². The summed E-state index contributed by atoms with van der Waals surface area (Å²) < 4.78 is 10.6. The molecule has 0 unspecified atom stereocenters. The van der Waals surface area contributed by atoms with Crippen molar-refractivity contribution >= 4 is 23.4 Å². The van der Waals surface area contributed by atoms with Crippen LogP contribution in [-0.2, 0) is 11.3 Å². The van der Waals surface area contributed by atoms with Crippen LogP contribution in [0.15, 0.2) is 73.1 Å². The van der Waals surface area contributed by atoms with E-state index in [1.807, 2.05) is 30.3 Å². The summed E-state index contributed by atoms with van der Waals surface area (Å²) in [6.07, 6.45) is 3.33. The number of hydrogen-bond donors (Lipinski definition) is 2. The molecule has 0 saturated carbocycles. The molecule has 1 heterocycles. The van der Waals surface area contributed by atoms with Crippen LogP contribution in [0.1, 0.15) is 15.9 Å². The number of para-hydroxylation sites is 1. The Labute approximate surface area is 162 Å². The number of aromatic nitrogens is 1. The molecule has 0 aliphatic heterocycles. The van der Waals surface area contributed by atoms with Crippen LogP contribution in [-0.4, -0.2) is 24.1 Å². The number of urea groups is 1. The molecule has 7 nitrogen and oxygen atoms in total. The molecule has 0 radical (unpaired) electrons. The number of methoxy groups -OCH3 is 1. The molecule has 1 aromatic heterocycles. The van der Waals surface area contributed by atoms with Gasteiger partial charge in [0.25, 0.3) is 0 Å². The van der Waals surface area contributed by atoms with E-state index in [1.165, 1.54) is 13.2 Å². The van der Waals surface area contributed by atoms with Gasteiger partial charge in [0.15, 0.2) is 0 Å². The first-order valence-electron chi connectivity index (χ1n) is 8.53. The van der Waals surface area contributed by atoms with E-state index in [0.717, 1.165) is 5.56 Å². The van der Waals surface area contributed by atoms with Crippen molar-refractivity contribution in [3.05, 3.63) is 84.2 Å². The molecule has 7 heteroatoms. The fourth-order valence-corrected chi connectivity index (χ4v) is 2.46. The van der Waals surface area contributed by atoms with Gasteiger partial charge >= 0.3 is 12.0 Å². The maximum Gasteiger partial charge on any atom is 0.341 e.